The summed E-state index contributed by atoms with van der Waals surface area (Å²) in [7, 11) is -3.28. The Morgan fingerprint density at radius 2 is 1.81 bits per heavy atom. The number of rotatable bonds is 7. The number of carbonyl (C=O) groups is 1. The molecular weight excluding hydrogens is 412 g/mol. The molecular formula is C24H34N2O4S. The number of aromatic nitrogens is 1. The summed E-state index contributed by atoms with van der Waals surface area (Å²) >= 11 is 0. The highest BCUT2D eigenvalue weighted by Crippen LogP contribution is 2.69. The number of ether oxygens (including phenoxy) is 1. The molecule has 0 atom stereocenters. The number of nitrogens with one attached hydrogen (secondary N) is 1. The van der Waals surface area contributed by atoms with Crippen molar-refractivity contribution in [3.05, 3.63) is 35.5 Å². The lowest BCUT2D eigenvalue weighted by atomic mass is 10.00. The summed E-state index contributed by atoms with van der Waals surface area (Å²) in [5.41, 5.74) is 2.58. The van der Waals surface area contributed by atoms with Crippen molar-refractivity contribution < 1.29 is 17.9 Å². The molecule has 2 fully saturated rings. The lowest BCUT2D eigenvalue weighted by molar-refractivity contribution is 0.0616. The average molecular weight is 447 g/mol. The molecule has 0 amide bonds. The molecule has 1 N–H and O–H groups in total. The predicted molar refractivity (Wildman–Crippen MR) is 123 cm³/mol. The Balaban J connectivity index is 1.72. The molecule has 0 bridgehead atoms. The second-order valence-corrected chi connectivity index (χ2v) is 12.3. The van der Waals surface area contributed by atoms with Gasteiger partial charge < -0.3 is 9.30 Å². The average Bonchev–Trinajstić information content (AvgIpc) is 2.95. The fourth-order valence-corrected chi connectivity index (χ4v) is 5.66. The van der Waals surface area contributed by atoms with Gasteiger partial charge in [-0.2, -0.15) is 0 Å². The SMILES string of the molecule is CC1(C)C(C(=O)c2cn(CC3CCOCC3)c3ccc(CNS(C)(=O)=O)cc23)C1(C)C. The van der Waals surface area contributed by atoms with Gasteiger partial charge in [0, 0.05) is 54.9 Å². The van der Waals surface area contributed by atoms with Gasteiger partial charge in [-0.25, -0.2) is 13.1 Å². The monoisotopic (exact) mass is 446 g/mol. The van der Waals surface area contributed by atoms with Crippen molar-refractivity contribution in [1.82, 2.24) is 9.29 Å². The fourth-order valence-electron chi connectivity index (χ4n) is 5.23. The van der Waals surface area contributed by atoms with E-state index in [1.165, 1.54) is 0 Å². The molecule has 0 unspecified atom stereocenters. The molecule has 1 aliphatic carbocycles. The number of Topliss-reactive ketones (excluding diaryl/α,β-unsaturated/α-hetero) is 1. The van der Waals surface area contributed by atoms with Gasteiger partial charge in [0.15, 0.2) is 5.78 Å². The van der Waals surface area contributed by atoms with Crippen LogP contribution in [-0.4, -0.2) is 38.2 Å². The zero-order chi connectivity index (χ0) is 22.6. The normalized spacial score (nSPS) is 21.5. The maximum absolute atomic E-state index is 13.6. The van der Waals surface area contributed by atoms with E-state index >= 15 is 0 Å². The third kappa shape index (κ3) is 4.20. The molecule has 6 nitrogen and oxygen atoms in total. The van der Waals surface area contributed by atoms with Crippen LogP contribution in [0, 0.1) is 22.7 Å². The third-order valence-electron chi connectivity index (χ3n) is 7.83. The lowest BCUT2D eigenvalue weighted by Crippen LogP contribution is -2.21. The highest BCUT2D eigenvalue weighted by molar-refractivity contribution is 7.88. The number of nitrogens with zero attached hydrogens (tertiary/aromatic N) is 1. The Labute approximate surface area is 185 Å². The summed E-state index contributed by atoms with van der Waals surface area (Å²) in [5, 5.41) is 0.920. The predicted octanol–water partition coefficient (Wildman–Crippen LogP) is 3.98. The van der Waals surface area contributed by atoms with Crippen LogP contribution in [0.25, 0.3) is 10.9 Å². The number of hydrogen-bond donors (Lipinski definition) is 1. The Bertz CT molecular complexity index is 1090. The van der Waals surface area contributed by atoms with Crippen molar-refractivity contribution in [1.29, 1.82) is 0 Å². The number of ketones is 1. The van der Waals surface area contributed by atoms with Crippen molar-refractivity contribution in [3.63, 3.8) is 0 Å². The molecule has 1 saturated carbocycles. The standard InChI is InChI=1S/C24H34N2O4S/c1-23(2)22(24(23,3)4)21(27)19-15-26(14-16-8-10-30-11-9-16)20-7-6-17(12-18(19)20)13-25-31(5,28)29/h6-7,12,15-16,22,25H,8-11,13-14H2,1-5H3. The zero-order valence-corrected chi connectivity index (χ0v) is 20.0. The number of fused-ring (bicyclic) bond motifs is 1. The highest BCUT2D eigenvalue weighted by Gasteiger charge is 2.68. The first-order valence-electron chi connectivity index (χ1n) is 11.1. The van der Waals surface area contributed by atoms with E-state index < -0.39 is 10.0 Å². The molecule has 1 saturated heterocycles. The van der Waals surface area contributed by atoms with Crippen molar-refractivity contribution in [2.45, 2.75) is 53.6 Å². The maximum atomic E-state index is 13.6. The quantitative estimate of drug-likeness (QED) is 0.653. The van der Waals surface area contributed by atoms with Crippen LogP contribution in [0.3, 0.4) is 0 Å². The first-order valence-corrected chi connectivity index (χ1v) is 13.0. The van der Waals surface area contributed by atoms with Gasteiger partial charge >= 0.3 is 0 Å². The third-order valence-corrected chi connectivity index (χ3v) is 8.50. The van der Waals surface area contributed by atoms with E-state index in [-0.39, 0.29) is 29.1 Å². The van der Waals surface area contributed by atoms with Crippen LogP contribution in [0.1, 0.15) is 56.5 Å². The topological polar surface area (TPSA) is 77.4 Å². The van der Waals surface area contributed by atoms with E-state index in [4.69, 9.17) is 4.74 Å². The second kappa shape index (κ2) is 7.71. The van der Waals surface area contributed by atoms with Crippen molar-refractivity contribution in [3.8, 4) is 0 Å². The molecule has 4 rings (SSSR count). The molecule has 1 aromatic heterocycles. The molecule has 2 aromatic rings. The number of carbonyl (C=O) groups excluding carboxylic acids is 1. The van der Waals surface area contributed by atoms with Gasteiger partial charge in [0.1, 0.15) is 0 Å². The summed E-state index contributed by atoms with van der Waals surface area (Å²) < 4.78 is 33.3. The first kappa shape index (κ1) is 22.5. The number of hydrogen-bond acceptors (Lipinski definition) is 4. The Kier molecular flexibility index (Phi) is 5.59. The van der Waals surface area contributed by atoms with Crippen molar-refractivity contribution in [2.75, 3.05) is 19.5 Å². The smallest absolute Gasteiger partial charge is 0.209 e. The zero-order valence-electron chi connectivity index (χ0n) is 19.2. The van der Waals surface area contributed by atoms with Crippen LogP contribution in [0.15, 0.2) is 24.4 Å². The molecule has 1 aromatic carbocycles. The fraction of sp³-hybridized carbons (Fsp3) is 0.625. The molecule has 7 heteroatoms. The van der Waals surface area contributed by atoms with Crippen LogP contribution < -0.4 is 4.72 Å². The van der Waals surface area contributed by atoms with E-state index in [0.29, 0.717) is 5.92 Å². The van der Waals surface area contributed by atoms with E-state index in [1.807, 2.05) is 24.4 Å². The highest BCUT2D eigenvalue weighted by atomic mass is 32.2. The van der Waals surface area contributed by atoms with Crippen LogP contribution in [-0.2, 0) is 27.8 Å². The van der Waals surface area contributed by atoms with Gasteiger partial charge in [-0.3, -0.25) is 4.79 Å². The van der Waals surface area contributed by atoms with Crippen molar-refractivity contribution in [2.24, 2.45) is 22.7 Å². The molecule has 2 aliphatic rings. The van der Waals surface area contributed by atoms with Crippen LogP contribution in [0.5, 0.6) is 0 Å². The number of sulfonamides is 1. The molecule has 0 radical (unpaired) electrons. The van der Waals surface area contributed by atoms with Gasteiger partial charge in [-0.1, -0.05) is 33.8 Å². The minimum Gasteiger partial charge on any atom is -0.381 e. The Hall–Kier alpha value is -1.70. The minimum absolute atomic E-state index is 0.0140. The minimum atomic E-state index is -3.28. The molecule has 0 spiro atoms. The van der Waals surface area contributed by atoms with E-state index in [9.17, 15) is 13.2 Å². The molecule has 31 heavy (non-hydrogen) atoms. The van der Waals surface area contributed by atoms with Gasteiger partial charge in [0.25, 0.3) is 0 Å². The summed E-state index contributed by atoms with van der Waals surface area (Å²) in [6.07, 6.45) is 5.24. The molecule has 1 aliphatic heterocycles. The lowest BCUT2D eigenvalue weighted by Gasteiger charge is -2.22. The van der Waals surface area contributed by atoms with Crippen molar-refractivity contribution >= 4 is 26.7 Å². The Morgan fingerprint density at radius 1 is 1.16 bits per heavy atom. The van der Waals surface area contributed by atoms with E-state index in [1.54, 1.807) is 0 Å². The summed E-state index contributed by atoms with van der Waals surface area (Å²) in [6.45, 7) is 11.3. The Morgan fingerprint density at radius 3 is 2.39 bits per heavy atom. The second-order valence-electron chi connectivity index (χ2n) is 10.4. The first-order chi connectivity index (χ1) is 14.4. The van der Waals surface area contributed by atoms with Gasteiger partial charge in [0.2, 0.25) is 10.0 Å². The van der Waals surface area contributed by atoms with Gasteiger partial charge in [-0.15, -0.1) is 0 Å². The summed E-state index contributed by atoms with van der Waals surface area (Å²) in [4.78, 5) is 13.6. The number of benzene rings is 1. The molecule has 170 valence electrons. The van der Waals surface area contributed by atoms with Crippen LogP contribution in [0.4, 0.5) is 0 Å². The van der Waals surface area contributed by atoms with Gasteiger partial charge in [-0.05, 0) is 47.3 Å². The van der Waals surface area contributed by atoms with Gasteiger partial charge in [0.05, 0.1) is 6.26 Å². The van der Waals surface area contributed by atoms with E-state index in [2.05, 4.69) is 37.0 Å². The molecule has 2 heterocycles. The van der Waals surface area contributed by atoms with E-state index in [0.717, 1.165) is 60.9 Å². The van der Waals surface area contributed by atoms with Crippen LogP contribution in [0.2, 0.25) is 0 Å². The summed E-state index contributed by atoms with van der Waals surface area (Å²) in [6, 6.07) is 5.94. The largest absolute Gasteiger partial charge is 0.381 e. The summed E-state index contributed by atoms with van der Waals surface area (Å²) in [5.74, 6) is 0.714. The maximum Gasteiger partial charge on any atom is 0.209 e. The van der Waals surface area contributed by atoms with Crippen LogP contribution >= 0.6 is 0 Å².